The average Bonchev–Trinajstić information content (AvgIpc) is 2.87. The average molecular weight is 469 g/mol. The Morgan fingerprint density at radius 1 is 1.03 bits per heavy atom. The minimum atomic E-state index is -0.527. The van der Waals surface area contributed by atoms with Crippen LogP contribution >= 0.6 is 11.6 Å². The third-order valence-corrected chi connectivity index (χ3v) is 5.50. The van der Waals surface area contributed by atoms with E-state index in [1.54, 1.807) is 49.6 Å². The fourth-order valence-corrected chi connectivity index (χ4v) is 3.62. The first-order chi connectivity index (χ1) is 16.6. The van der Waals surface area contributed by atoms with E-state index in [4.69, 9.17) is 21.1 Å². The second-order valence-corrected chi connectivity index (χ2v) is 7.90. The highest BCUT2D eigenvalue weighted by Gasteiger charge is 2.13. The maximum Gasteiger partial charge on any atom is 0.266 e. The summed E-state index contributed by atoms with van der Waals surface area (Å²) in [5.74, 6) is 0.578. The molecule has 0 aliphatic rings. The number of ether oxygens (including phenoxy) is 2. The van der Waals surface area contributed by atoms with E-state index in [9.17, 15) is 10.1 Å². The first kappa shape index (κ1) is 22.9. The van der Waals surface area contributed by atoms with Gasteiger partial charge in [0.2, 0.25) is 0 Å². The summed E-state index contributed by atoms with van der Waals surface area (Å²) in [5, 5.41) is 15.1. The van der Waals surface area contributed by atoms with Gasteiger partial charge in [-0.3, -0.25) is 4.79 Å². The van der Waals surface area contributed by atoms with Crippen molar-refractivity contribution in [3.05, 3.63) is 107 Å². The van der Waals surface area contributed by atoms with Gasteiger partial charge in [0.05, 0.1) is 7.11 Å². The smallest absolute Gasteiger partial charge is 0.266 e. The molecule has 5 nitrogen and oxygen atoms in total. The van der Waals surface area contributed by atoms with E-state index < -0.39 is 5.91 Å². The summed E-state index contributed by atoms with van der Waals surface area (Å²) in [6.07, 6.45) is 1.50. The van der Waals surface area contributed by atoms with E-state index in [1.807, 2.05) is 30.3 Å². The van der Waals surface area contributed by atoms with E-state index in [2.05, 4.69) is 23.5 Å². The SMILES string of the molecule is COc1ccc(/C=C(\C#N)C(=O)Nc2ccc(Cl)cc2)c(OCc2cccc3ccccc23)c1. The molecule has 0 saturated heterocycles. The first-order valence-corrected chi connectivity index (χ1v) is 10.9. The molecule has 0 bridgehead atoms. The third kappa shape index (κ3) is 5.37. The minimum Gasteiger partial charge on any atom is -0.497 e. The van der Waals surface area contributed by atoms with Crippen molar-refractivity contribution in [1.82, 2.24) is 0 Å². The number of nitrogens with one attached hydrogen (secondary N) is 1. The summed E-state index contributed by atoms with van der Waals surface area (Å²) >= 11 is 5.89. The van der Waals surface area contributed by atoms with Crippen LogP contribution in [0.3, 0.4) is 0 Å². The number of methoxy groups -OCH3 is 1. The van der Waals surface area contributed by atoms with Gasteiger partial charge in [-0.1, -0.05) is 54.1 Å². The zero-order valence-electron chi connectivity index (χ0n) is 18.4. The second-order valence-electron chi connectivity index (χ2n) is 7.46. The van der Waals surface area contributed by atoms with Crippen LogP contribution in [-0.2, 0) is 11.4 Å². The van der Waals surface area contributed by atoms with Crippen molar-refractivity contribution >= 4 is 40.0 Å². The normalized spacial score (nSPS) is 11.0. The molecule has 1 N–H and O–H groups in total. The molecule has 0 spiro atoms. The number of nitriles is 1. The molecule has 4 aromatic carbocycles. The molecular weight excluding hydrogens is 448 g/mol. The van der Waals surface area contributed by atoms with Crippen LogP contribution in [0.2, 0.25) is 5.02 Å². The molecule has 0 fully saturated rings. The number of amides is 1. The molecule has 1 amide bonds. The van der Waals surface area contributed by atoms with Gasteiger partial charge in [-0.05, 0) is 58.8 Å². The van der Waals surface area contributed by atoms with Crippen LogP contribution in [0.5, 0.6) is 11.5 Å². The molecule has 0 heterocycles. The number of nitrogens with zero attached hydrogens (tertiary/aromatic N) is 1. The van der Waals surface area contributed by atoms with Crippen molar-refractivity contribution in [3.63, 3.8) is 0 Å². The van der Waals surface area contributed by atoms with Gasteiger partial charge >= 0.3 is 0 Å². The van der Waals surface area contributed by atoms with Crippen molar-refractivity contribution in [3.8, 4) is 17.6 Å². The number of carbonyl (C=O) groups excluding carboxylic acids is 1. The number of carbonyl (C=O) groups is 1. The maximum atomic E-state index is 12.7. The molecule has 168 valence electrons. The fourth-order valence-electron chi connectivity index (χ4n) is 3.50. The minimum absolute atomic E-state index is 0.0601. The van der Waals surface area contributed by atoms with Crippen LogP contribution in [0.25, 0.3) is 16.8 Å². The van der Waals surface area contributed by atoms with Crippen LogP contribution in [0, 0.1) is 11.3 Å². The quantitative estimate of drug-likeness (QED) is 0.244. The molecule has 0 aromatic heterocycles. The summed E-state index contributed by atoms with van der Waals surface area (Å²) in [7, 11) is 1.57. The molecule has 0 aliphatic carbocycles. The Labute approximate surface area is 202 Å². The molecule has 4 aromatic rings. The van der Waals surface area contributed by atoms with Gasteiger partial charge in [-0.2, -0.15) is 5.26 Å². The molecule has 34 heavy (non-hydrogen) atoms. The highest BCUT2D eigenvalue weighted by Crippen LogP contribution is 2.29. The molecule has 0 aliphatic heterocycles. The number of hydrogen-bond acceptors (Lipinski definition) is 4. The number of halogens is 1. The summed E-state index contributed by atoms with van der Waals surface area (Å²) in [6, 6.07) is 28.0. The Morgan fingerprint density at radius 2 is 1.79 bits per heavy atom. The van der Waals surface area contributed by atoms with Gasteiger partial charge in [0.15, 0.2) is 0 Å². The van der Waals surface area contributed by atoms with Gasteiger partial charge in [-0.25, -0.2) is 0 Å². The van der Waals surface area contributed by atoms with Gasteiger partial charge < -0.3 is 14.8 Å². The van der Waals surface area contributed by atoms with Gasteiger partial charge in [0.25, 0.3) is 5.91 Å². The lowest BCUT2D eigenvalue weighted by atomic mass is 10.1. The fraction of sp³-hybridized carbons (Fsp3) is 0.0714. The third-order valence-electron chi connectivity index (χ3n) is 5.25. The summed E-state index contributed by atoms with van der Waals surface area (Å²) in [4.78, 5) is 12.7. The van der Waals surface area contributed by atoms with Crippen LogP contribution in [0.15, 0.2) is 90.5 Å². The molecule has 0 atom stereocenters. The molecule has 0 unspecified atom stereocenters. The molecule has 6 heteroatoms. The monoisotopic (exact) mass is 468 g/mol. The van der Waals surface area contributed by atoms with Crippen LogP contribution < -0.4 is 14.8 Å². The van der Waals surface area contributed by atoms with E-state index in [0.29, 0.717) is 34.4 Å². The predicted molar refractivity (Wildman–Crippen MR) is 135 cm³/mol. The van der Waals surface area contributed by atoms with Crippen LogP contribution in [-0.4, -0.2) is 13.0 Å². The van der Waals surface area contributed by atoms with E-state index in [0.717, 1.165) is 16.3 Å². The summed E-state index contributed by atoms with van der Waals surface area (Å²) in [5.41, 5.74) is 2.09. The lowest BCUT2D eigenvalue weighted by Crippen LogP contribution is -2.13. The molecule has 0 saturated carbocycles. The highest BCUT2D eigenvalue weighted by atomic mass is 35.5. The molecular formula is C28H21ClN2O3. The van der Waals surface area contributed by atoms with Crippen molar-refractivity contribution in [1.29, 1.82) is 5.26 Å². The number of hydrogen-bond donors (Lipinski definition) is 1. The molecule has 4 rings (SSSR count). The van der Waals surface area contributed by atoms with Gasteiger partial charge in [0.1, 0.15) is 29.7 Å². The largest absolute Gasteiger partial charge is 0.497 e. The van der Waals surface area contributed by atoms with E-state index >= 15 is 0 Å². The standard InChI is InChI=1S/C28H21ClN2O3/c1-33-25-14-9-20(15-22(17-30)28(32)31-24-12-10-23(29)11-13-24)27(16-25)34-18-21-7-4-6-19-5-2-3-8-26(19)21/h2-16H,18H2,1H3,(H,31,32)/b22-15+. The lowest BCUT2D eigenvalue weighted by molar-refractivity contribution is -0.112. The molecule has 0 radical (unpaired) electrons. The first-order valence-electron chi connectivity index (χ1n) is 10.5. The van der Waals surface area contributed by atoms with Crippen LogP contribution in [0.1, 0.15) is 11.1 Å². The highest BCUT2D eigenvalue weighted by molar-refractivity contribution is 6.30. The Balaban J connectivity index is 1.61. The summed E-state index contributed by atoms with van der Waals surface area (Å²) < 4.78 is 11.5. The second kappa shape index (κ2) is 10.6. The number of fused-ring (bicyclic) bond motifs is 1. The van der Waals surface area contributed by atoms with Gasteiger partial charge in [-0.15, -0.1) is 0 Å². The van der Waals surface area contributed by atoms with E-state index in [1.165, 1.54) is 6.08 Å². The number of rotatable bonds is 7. The van der Waals surface area contributed by atoms with Crippen molar-refractivity contribution in [2.75, 3.05) is 12.4 Å². The Hall–Kier alpha value is -4.27. The van der Waals surface area contributed by atoms with Crippen molar-refractivity contribution in [2.24, 2.45) is 0 Å². The van der Waals surface area contributed by atoms with Crippen LogP contribution in [0.4, 0.5) is 5.69 Å². The zero-order valence-corrected chi connectivity index (χ0v) is 19.2. The Bertz CT molecular complexity index is 1400. The van der Waals surface area contributed by atoms with Crippen molar-refractivity contribution < 1.29 is 14.3 Å². The van der Waals surface area contributed by atoms with Gasteiger partial charge in [0, 0.05) is 22.3 Å². The number of anilines is 1. The number of benzene rings is 4. The Morgan fingerprint density at radius 3 is 2.56 bits per heavy atom. The van der Waals surface area contributed by atoms with Crippen molar-refractivity contribution in [2.45, 2.75) is 6.61 Å². The lowest BCUT2D eigenvalue weighted by Gasteiger charge is -2.13. The predicted octanol–water partition coefficient (Wildman–Crippen LogP) is 6.63. The topological polar surface area (TPSA) is 71.3 Å². The summed E-state index contributed by atoms with van der Waals surface area (Å²) in [6.45, 7) is 0.314. The zero-order chi connectivity index (χ0) is 23.9. The Kier molecular flexibility index (Phi) is 7.12. The van der Waals surface area contributed by atoms with E-state index in [-0.39, 0.29) is 5.57 Å². The maximum absolute atomic E-state index is 12.7.